The average molecular weight is 588 g/mol. The van der Waals surface area contributed by atoms with Crippen LogP contribution in [-0.4, -0.2) is 48.3 Å². The summed E-state index contributed by atoms with van der Waals surface area (Å²) in [6.45, 7) is 6.27. The van der Waals surface area contributed by atoms with Gasteiger partial charge in [0.05, 0.1) is 0 Å². The molecular formula is C23H31AsBrNO5S. The van der Waals surface area contributed by atoms with Gasteiger partial charge in [0.15, 0.2) is 0 Å². The predicted molar refractivity (Wildman–Crippen MR) is 133 cm³/mol. The summed E-state index contributed by atoms with van der Waals surface area (Å²) in [7, 11) is -1.51. The molecule has 0 fully saturated rings. The van der Waals surface area contributed by atoms with Crippen molar-refractivity contribution in [2.45, 2.75) is 38.5 Å². The molecule has 6 nitrogen and oxygen atoms in total. The Hall–Kier alpha value is -1.50. The summed E-state index contributed by atoms with van der Waals surface area (Å²) in [5.74, 6) is 1.14. The molecule has 32 heavy (non-hydrogen) atoms. The summed E-state index contributed by atoms with van der Waals surface area (Å²) in [5.41, 5.74) is 2.03. The predicted octanol–water partition coefficient (Wildman–Crippen LogP) is 3.93. The Morgan fingerprint density at radius 2 is 1.84 bits per heavy atom. The van der Waals surface area contributed by atoms with Gasteiger partial charge >= 0.3 is 176 Å². The summed E-state index contributed by atoms with van der Waals surface area (Å²) < 4.78 is 35.9. The number of rotatable bonds is 12. The number of nitrogens with one attached hydrogen (secondary N) is 1. The van der Waals surface area contributed by atoms with Crippen molar-refractivity contribution in [3.8, 4) is 11.5 Å². The molecule has 0 radical (unpaired) electrons. The van der Waals surface area contributed by atoms with E-state index >= 15 is 0 Å². The standard InChI is InChI=1S/C23H31AsBrNO5S/c1-5-32(28,29)24-21(16(2)3)23(27)26-12-11-18-13-19(25)22(20(14-18)30-4)31-15-17-9-7-6-8-10-17/h6-10,13-14,16,21,24H,5,11-12,15H2,1-4H3,(H,26,27). The van der Waals surface area contributed by atoms with E-state index in [4.69, 9.17) is 9.47 Å². The first-order chi connectivity index (χ1) is 15.2. The number of hydrogen-bond acceptors (Lipinski definition) is 5. The topological polar surface area (TPSA) is 81.7 Å². The number of carbonyl (C=O) groups is 1. The van der Waals surface area contributed by atoms with Crippen LogP contribution in [-0.2, 0) is 25.9 Å². The maximum absolute atomic E-state index is 12.6. The summed E-state index contributed by atoms with van der Waals surface area (Å²) in [5, 5.41) is 2.92. The number of ether oxygens (including phenoxy) is 2. The molecule has 9 heteroatoms. The van der Waals surface area contributed by atoms with Crippen LogP contribution in [0.5, 0.6) is 11.5 Å². The second kappa shape index (κ2) is 12.7. The summed E-state index contributed by atoms with van der Waals surface area (Å²) in [6.07, 6.45) is 0.588. The molecule has 0 aliphatic rings. The van der Waals surface area contributed by atoms with Crippen LogP contribution >= 0.6 is 15.9 Å². The van der Waals surface area contributed by atoms with E-state index in [1.54, 1.807) is 14.0 Å². The van der Waals surface area contributed by atoms with E-state index in [2.05, 4.69) is 21.2 Å². The monoisotopic (exact) mass is 587 g/mol. The van der Waals surface area contributed by atoms with E-state index in [0.29, 0.717) is 31.1 Å². The quantitative estimate of drug-likeness (QED) is 0.381. The maximum atomic E-state index is 12.6. The van der Waals surface area contributed by atoms with Gasteiger partial charge in [-0.25, -0.2) is 0 Å². The van der Waals surface area contributed by atoms with Crippen molar-refractivity contribution >= 4 is 44.5 Å². The Morgan fingerprint density at radius 1 is 1.16 bits per heavy atom. The van der Waals surface area contributed by atoms with Gasteiger partial charge in [-0.15, -0.1) is 0 Å². The molecule has 2 atom stereocenters. The number of halogens is 1. The van der Waals surface area contributed by atoms with Gasteiger partial charge in [-0.3, -0.25) is 0 Å². The zero-order valence-electron chi connectivity index (χ0n) is 18.9. The third-order valence-corrected chi connectivity index (χ3v) is 14.5. The zero-order chi connectivity index (χ0) is 23.7. The van der Waals surface area contributed by atoms with Crippen LogP contribution in [0.1, 0.15) is 31.9 Å². The Bertz CT molecular complexity index is 999. The third-order valence-electron chi connectivity index (χ3n) is 4.86. The van der Waals surface area contributed by atoms with Crippen LogP contribution in [0.25, 0.3) is 0 Å². The number of benzene rings is 2. The van der Waals surface area contributed by atoms with Gasteiger partial charge in [0.1, 0.15) is 0 Å². The second-order valence-corrected chi connectivity index (χ2v) is 17.3. The van der Waals surface area contributed by atoms with Crippen LogP contribution in [0.4, 0.5) is 0 Å². The number of carbonyl (C=O) groups excluding carboxylic acids is 1. The van der Waals surface area contributed by atoms with Crippen LogP contribution in [0, 0.1) is 5.92 Å². The van der Waals surface area contributed by atoms with Crippen molar-refractivity contribution in [2.24, 2.45) is 5.92 Å². The molecule has 0 saturated carbocycles. The van der Waals surface area contributed by atoms with Crippen molar-refractivity contribution in [1.82, 2.24) is 5.32 Å². The fourth-order valence-corrected chi connectivity index (χ4v) is 10.6. The number of amides is 1. The molecule has 0 saturated heterocycles. The first-order valence-electron chi connectivity index (χ1n) is 10.5. The molecule has 1 amide bonds. The molecule has 2 rings (SSSR count). The molecule has 0 spiro atoms. The third kappa shape index (κ3) is 8.13. The molecular weight excluding hydrogens is 557 g/mol. The van der Waals surface area contributed by atoms with E-state index in [-0.39, 0.29) is 17.6 Å². The summed E-state index contributed by atoms with van der Waals surface area (Å²) >= 11 is 2.14. The minimum absolute atomic E-state index is 0.00777. The Labute approximate surface area is 205 Å². The molecule has 2 unspecified atom stereocenters. The zero-order valence-corrected chi connectivity index (χ0v) is 23.4. The van der Waals surface area contributed by atoms with Crippen LogP contribution in [0.3, 0.4) is 0 Å². The van der Waals surface area contributed by atoms with Gasteiger partial charge in [-0.2, -0.15) is 0 Å². The van der Waals surface area contributed by atoms with E-state index in [9.17, 15) is 13.2 Å². The molecule has 2 aromatic rings. The van der Waals surface area contributed by atoms with Gasteiger partial charge in [0.2, 0.25) is 0 Å². The summed E-state index contributed by atoms with van der Waals surface area (Å²) in [4.78, 5) is 12.6. The Balaban J connectivity index is 2.00. The fraction of sp³-hybridized carbons (Fsp3) is 0.435. The van der Waals surface area contributed by atoms with Crippen molar-refractivity contribution in [1.29, 1.82) is 0 Å². The van der Waals surface area contributed by atoms with E-state index in [0.717, 1.165) is 15.6 Å². The Kier molecular flexibility index (Phi) is 10.6. The molecule has 0 aliphatic carbocycles. The van der Waals surface area contributed by atoms with Gasteiger partial charge in [-0.05, 0) is 0 Å². The molecule has 0 heterocycles. The van der Waals surface area contributed by atoms with E-state index in [1.807, 2.05) is 56.3 Å². The second-order valence-electron chi connectivity index (χ2n) is 7.67. The first kappa shape index (κ1) is 26.7. The Morgan fingerprint density at radius 3 is 2.44 bits per heavy atom. The van der Waals surface area contributed by atoms with Crippen LogP contribution < -0.4 is 14.8 Å². The van der Waals surface area contributed by atoms with Crippen LogP contribution in [0.2, 0.25) is 4.71 Å². The van der Waals surface area contributed by atoms with Crippen LogP contribution in [0.15, 0.2) is 46.9 Å². The van der Waals surface area contributed by atoms with E-state index in [1.165, 1.54) is 0 Å². The summed E-state index contributed by atoms with van der Waals surface area (Å²) in [6, 6.07) is 13.7. The van der Waals surface area contributed by atoms with Crippen molar-refractivity contribution in [3.63, 3.8) is 0 Å². The molecule has 1 N–H and O–H groups in total. The van der Waals surface area contributed by atoms with Gasteiger partial charge < -0.3 is 0 Å². The van der Waals surface area contributed by atoms with Crippen molar-refractivity contribution in [2.75, 3.05) is 19.4 Å². The molecule has 176 valence electrons. The van der Waals surface area contributed by atoms with E-state index < -0.39 is 27.4 Å². The van der Waals surface area contributed by atoms with Crippen molar-refractivity contribution < 1.29 is 22.7 Å². The van der Waals surface area contributed by atoms with Crippen molar-refractivity contribution in [3.05, 3.63) is 58.1 Å². The number of hydrogen-bond donors (Lipinski definition) is 1. The molecule has 2 aromatic carbocycles. The molecule has 0 aliphatic heterocycles. The van der Waals surface area contributed by atoms with Gasteiger partial charge in [0.25, 0.3) is 0 Å². The SMILES string of the molecule is CCS(=O)(=O)[AsH]C(C(=O)NCCc1cc(Br)c(OCc2ccccc2)c(OC)c1)C(C)C. The van der Waals surface area contributed by atoms with Gasteiger partial charge in [0, 0.05) is 0 Å². The normalized spacial score (nSPS) is 12.8. The van der Waals surface area contributed by atoms with Gasteiger partial charge in [-0.1, -0.05) is 30.3 Å². The first-order valence-corrected chi connectivity index (χ1v) is 16.7. The number of methoxy groups -OCH3 is 1. The molecule has 0 bridgehead atoms. The fourth-order valence-electron chi connectivity index (χ4n) is 3.00. The minimum atomic E-state index is -3.10. The average Bonchev–Trinajstić information content (AvgIpc) is 2.76. The molecule has 0 aromatic heterocycles.